The number of nitrogens with one attached hydrogen (secondary N) is 2. The molecule has 5 nitrogen and oxygen atoms in total. The standard InChI is InChI=1S/C23H22FN3O2/c24-20-8-6-18(7-9-20)11-13-26-22(28)19-12-15-25-21(16-19)23(29)27-14-10-17-4-2-1-3-5-17/h1-9,12,15-16H,10-11,13-14H2,(H,26,28)(H,27,29). The molecule has 2 aromatic carbocycles. The highest BCUT2D eigenvalue weighted by atomic mass is 19.1. The summed E-state index contributed by atoms with van der Waals surface area (Å²) in [6.07, 6.45) is 2.75. The number of carbonyl (C=O) groups excluding carboxylic acids is 2. The number of hydrogen-bond acceptors (Lipinski definition) is 3. The van der Waals surface area contributed by atoms with Crippen molar-refractivity contribution in [2.24, 2.45) is 0 Å². The highest BCUT2D eigenvalue weighted by molar-refractivity contribution is 5.98. The van der Waals surface area contributed by atoms with Gasteiger partial charge in [0.15, 0.2) is 0 Å². The average molecular weight is 391 g/mol. The molecule has 6 heteroatoms. The van der Waals surface area contributed by atoms with E-state index in [1.165, 1.54) is 24.4 Å². The molecule has 3 rings (SSSR count). The zero-order valence-electron chi connectivity index (χ0n) is 15.9. The first-order valence-electron chi connectivity index (χ1n) is 9.42. The van der Waals surface area contributed by atoms with Gasteiger partial charge in [0.25, 0.3) is 11.8 Å². The van der Waals surface area contributed by atoms with Crippen LogP contribution in [0.2, 0.25) is 0 Å². The normalized spacial score (nSPS) is 10.4. The molecule has 0 bridgehead atoms. The molecule has 0 saturated carbocycles. The SMILES string of the molecule is O=C(NCCc1ccc(F)cc1)c1ccnc(C(=O)NCCc2ccccc2)c1. The van der Waals surface area contributed by atoms with E-state index >= 15 is 0 Å². The summed E-state index contributed by atoms with van der Waals surface area (Å²) in [6, 6.07) is 19.1. The van der Waals surface area contributed by atoms with Crippen LogP contribution in [-0.4, -0.2) is 29.9 Å². The second-order valence-corrected chi connectivity index (χ2v) is 6.55. The molecule has 1 aromatic heterocycles. The molecule has 0 radical (unpaired) electrons. The molecular formula is C23H22FN3O2. The molecule has 148 valence electrons. The first kappa shape index (κ1) is 20.2. The Morgan fingerprint density at radius 3 is 2.10 bits per heavy atom. The van der Waals surface area contributed by atoms with Crippen LogP contribution >= 0.6 is 0 Å². The maximum Gasteiger partial charge on any atom is 0.269 e. The highest BCUT2D eigenvalue weighted by Gasteiger charge is 2.11. The quantitative estimate of drug-likeness (QED) is 0.620. The van der Waals surface area contributed by atoms with Gasteiger partial charge in [-0.05, 0) is 48.2 Å². The Hall–Kier alpha value is -3.54. The second-order valence-electron chi connectivity index (χ2n) is 6.55. The molecule has 0 atom stereocenters. The van der Waals surface area contributed by atoms with Crippen LogP contribution < -0.4 is 10.6 Å². The number of benzene rings is 2. The van der Waals surface area contributed by atoms with Crippen molar-refractivity contribution in [2.75, 3.05) is 13.1 Å². The number of halogens is 1. The van der Waals surface area contributed by atoms with Crippen molar-refractivity contribution in [2.45, 2.75) is 12.8 Å². The van der Waals surface area contributed by atoms with Crippen molar-refractivity contribution in [1.29, 1.82) is 0 Å². The van der Waals surface area contributed by atoms with Crippen LogP contribution in [-0.2, 0) is 12.8 Å². The smallest absolute Gasteiger partial charge is 0.269 e. The van der Waals surface area contributed by atoms with E-state index in [4.69, 9.17) is 0 Å². The number of rotatable bonds is 8. The van der Waals surface area contributed by atoms with Crippen molar-refractivity contribution in [3.63, 3.8) is 0 Å². The van der Waals surface area contributed by atoms with Crippen LogP contribution in [0.4, 0.5) is 4.39 Å². The fraction of sp³-hybridized carbons (Fsp3) is 0.174. The Kier molecular flexibility index (Phi) is 7.05. The third-order valence-electron chi connectivity index (χ3n) is 4.41. The second kappa shape index (κ2) is 10.1. The summed E-state index contributed by atoms with van der Waals surface area (Å²) in [7, 11) is 0. The molecule has 0 aliphatic rings. The Morgan fingerprint density at radius 1 is 0.793 bits per heavy atom. The summed E-state index contributed by atoms with van der Waals surface area (Å²) < 4.78 is 12.9. The van der Waals surface area contributed by atoms with Crippen LogP contribution in [0.3, 0.4) is 0 Å². The number of amides is 2. The molecule has 2 N–H and O–H groups in total. The minimum atomic E-state index is -0.318. The largest absolute Gasteiger partial charge is 0.352 e. The van der Waals surface area contributed by atoms with Crippen LogP contribution in [0.5, 0.6) is 0 Å². The van der Waals surface area contributed by atoms with E-state index in [1.54, 1.807) is 18.2 Å². The minimum Gasteiger partial charge on any atom is -0.352 e. The molecule has 3 aromatic rings. The average Bonchev–Trinajstić information content (AvgIpc) is 2.76. The number of nitrogens with zero attached hydrogens (tertiary/aromatic N) is 1. The molecule has 0 aliphatic carbocycles. The lowest BCUT2D eigenvalue weighted by Crippen LogP contribution is -2.28. The van der Waals surface area contributed by atoms with Crippen molar-refractivity contribution in [3.05, 3.63) is 101 Å². The molecule has 0 fully saturated rings. The first-order valence-corrected chi connectivity index (χ1v) is 9.42. The Labute approximate surface area is 169 Å². The monoisotopic (exact) mass is 391 g/mol. The van der Waals surface area contributed by atoms with Gasteiger partial charge in [0.1, 0.15) is 11.5 Å². The lowest BCUT2D eigenvalue weighted by Gasteiger charge is -2.08. The van der Waals surface area contributed by atoms with Crippen molar-refractivity contribution >= 4 is 11.8 Å². The Bertz CT molecular complexity index is 959. The highest BCUT2D eigenvalue weighted by Crippen LogP contribution is 2.05. The van der Waals surface area contributed by atoms with Crippen LogP contribution in [0.25, 0.3) is 0 Å². The van der Waals surface area contributed by atoms with E-state index < -0.39 is 0 Å². The van der Waals surface area contributed by atoms with E-state index in [2.05, 4.69) is 15.6 Å². The van der Waals surface area contributed by atoms with Gasteiger partial charge in [0.05, 0.1) is 0 Å². The minimum absolute atomic E-state index is 0.198. The maximum atomic E-state index is 12.9. The zero-order valence-corrected chi connectivity index (χ0v) is 15.9. The van der Waals surface area contributed by atoms with Gasteiger partial charge in [-0.25, -0.2) is 4.39 Å². The first-order chi connectivity index (χ1) is 14.1. The molecule has 1 heterocycles. The van der Waals surface area contributed by atoms with Gasteiger partial charge < -0.3 is 10.6 Å². The third kappa shape index (κ3) is 6.24. The van der Waals surface area contributed by atoms with Gasteiger partial charge >= 0.3 is 0 Å². The van der Waals surface area contributed by atoms with E-state index in [9.17, 15) is 14.0 Å². The number of hydrogen-bond donors (Lipinski definition) is 2. The van der Waals surface area contributed by atoms with E-state index in [0.717, 1.165) is 17.5 Å². The zero-order chi connectivity index (χ0) is 20.5. The van der Waals surface area contributed by atoms with Crippen LogP contribution in [0.1, 0.15) is 32.0 Å². The lowest BCUT2D eigenvalue weighted by molar-refractivity contribution is 0.0949. The number of aromatic nitrogens is 1. The fourth-order valence-electron chi connectivity index (χ4n) is 2.83. The molecular weight excluding hydrogens is 369 g/mol. The number of pyridine rings is 1. The molecule has 0 unspecified atom stereocenters. The van der Waals surface area contributed by atoms with Gasteiger partial charge in [-0.15, -0.1) is 0 Å². The fourth-order valence-corrected chi connectivity index (χ4v) is 2.83. The van der Waals surface area contributed by atoms with E-state index in [1.807, 2.05) is 30.3 Å². The summed E-state index contributed by atoms with van der Waals surface area (Å²) in [4.78, 5) is 28.7. The van der Waals surface area contributed by atoms with Crippen molar-refractivity contribution in [3.8, 4) is 0 Å². The third-order valence-corrected chi connectivity index (χ3v) is 4.41. The van der Waals surface area contributed by atoms with E-state index in [-0.39, 0.29) is 23.3 Å². The van der Waals surface area contributed by atoms with Crippen LogP contribution in [0.15, 0.2) is 72.9 Å². The Balaban J connectivity index is 1.49. The maximum absolute atomic E-state index is 12.9. The van der Waals surface area contributed by atoms with Crippen molar-refractivity contribution in [1.82, 2.24) is 15.6 Å². The molecule has 0 aliphatic heterocycles. The lowest BCUT2D eigenvalue weighted by atomic mass is 10.1. The summed E-state index contributed by atoms with van der Waals surface area (Å²) in [5, 5.41) is 5.62. The molecule has 0 spiro atoms. The van der Waals surface area contributed by atoms with Crippen LogP contribution in [0, 0.1) is 5.82 Å². The molecule has 29 heavy (non-hydrogen) atoms. The molecule has 2 amide bonds. The van der Waals surface area contributed by atoms with Gasteiger partial charge in [0.2, 0.25) is 0 Å². The summed E-state index contributed by atoms with van der Waals surface area (Å²) in [5.74, 6) is -0.890. The Morgan fingerprint density at radius 2 is 1.41 bits per heavy atom. The van der Waals surface area contributed by atoms with Gasteiger partial charge in [0, 0.05) is 24.8 Å². The van der Waals surface area contributed by atoms with E-state index in [0.29, 0.717) is 25.1 Å². The van der Waals surface area contributed by atoms with Gasteiger partial charge in [-0.3, -0.25) is 14.6 Å². The topological polar surface area (TPSA) is 71.1 Å². The van der Waals surface area contributed by atoms with Gasteiger partial charge in [-0.1, -0.05) is 42.5 Å². The summed E-state index contributed by atoms with van der Waals surface area (Å²) >= 11 is 0. The molecule has 0 saturated heterocycles. The van der Waals surface area contributed by atoms with Gasteiger partial charge in [-0.2, -0.15) is 0 Å². The summed E-state index contributed by atoms with van der Waals surface area (Å²) in [6.45, 7) is 0.893. The van der Waals surface area contributed by atoms with Crippen molar-refractivity contribution < 1.29 is 14.0 Å². The predicted molar refractivity (Wildman–Crippen MR) is 109 cm³/mol. The predicted octanol–water partition coefficient (Wildman–Crippen LogP) is 3.17. The number of carbonyl (C=O) groups is 2. The summed E-state index contributed by atoms with van der Waals surface area (Å²) in [5.41, 5.74) is 2.63.